The van der Waals surface area contributed by atoms with Crippen LogP contribution in [0, 0.1) is 0 Å². The van der Waals surface area contributed by atoms with Gasteiger partial charge in [0.2, 0.25) is 12.6 Å². The number of rotatable bonds is 10. The second-order valence-corrected chi connectivity index (χ2v) is 12.9. The van der Waals surface area contributed by atoms with Crippen molar-refractivity contribution in [3.8, 4) is 40.2 Å². The van der Waals surface area contributed by atoms with Crippen LogP contribution in [0.5, 0.6) is 40.2 Å². The maximum atomic E-state index is 12.4. The van der Waals surface area contributed by atoms with Crippen molar-refractivity contribution in [1.82, 2.24) is 0 Å². The summed E-state index contributed by atoms with van der Waals surface area (Å²) >= 11 is 0. The average Bonchev–Trinajstić information content (AvgIpc) is 3.16. The third-order valence-corrected chi connectivity index (χ3v) is 9.04. The predicted octanol–water partition coefficient (Wildman–Crippen LogP) is -1.19. The standard InChI is InChI=1S/C36H38O19/c37-12-24-28(44)30(46)32(48)36(54-24)53-23-11-18-21(51-34(23)15-7-19(40)27(43)20(41)8-15)9-17(39)10-22(18)52-35-33(49)31(47)29(45)25(55-35)13-50-26(42)6-3-14-1-4-16(38)5-2-14/h1-11,24-25,28-41,43-49H,12-13H2/p+1/b6-3+/t24-,25-,28+,29-,30-,31+,32+,33-,34?,35-,36-/m1/s1. The highest BCUT2D eigenvalue weighted by atomic mass is 16.7. The molecule has 296 valence electrons. The molecule has 3 aromatic rings. The quantitative estimate of drug-likeness (QED) is 0.0499. The van der Waals surface area contributed by atoms with E-state index in [1.807, 2.05) is 0 Å². The van der Waals surface area contributed by atoms with Crippen LogP contribution in [0.15, 0.2) is 60.4 Å². The van der Waals surface area contributed by atoms with Crippen LogP contribution < -0.4 is 4.74 Å². The molecule has 6 rings (SSSR count). The Labute approximate surface area is 310 Å². The lowest BCUT2D eigenvalue weighted by molar-refractivity contribution is -0.295. The number of hydrogen-bond acceptors (Lipinski definition) is 18. The smallest absolute Gasteiger partial charge is 0.330 e. The highest BCUT2D eigenvalue weighted by molar-refractivity contribution is 5.87. The van der Waals surface area contributed by atoms with E-state index in [1.165, 1.54) is 30.4 Å². The molecule has 19 heteroatoms. The Morgan fingerprint density at radius 1 is 0.727 bits per heavy atom. The largest absolute Gasteiger partial charge is 0.571 e. The second-order valence-electron chi connectivity index (χ2n) is 12.9. The molecule has 2 saturated heterocycles. The van der Waals surface area contributed by atoms with Crippen LogP contribution in [0.2, 0.25) is 0 Å². The Morgan fingerprint density at radius 2 is 1.33 bits per heavy atom. The lowest BCUT2D eigenvalue weighted by atomic mass is 9.98. The third-order valence-electron chi connectivity index (χ3n) is 9.04. The summed E-state index contributed by atoms with van der Waals surface area (Å²) in [5.74, 6) is -4.12. The molecule has 3 aromatic carbocycles. The first-order valence-electron chi connectivity index (χ1n) is 16.7. The van der Waals surface area contributed by atoms with Gasteiger partial charge in [0, 0.05) is 18.2 Å². The van der Waals surface area contributed by atoms with Crippen molar-refractivity contribution in [2.45, 2.75) is 67.5 Å². The summed E-state index contributed by atoms with van der Waals surface area (Å²) in [6.45, 7) is -1.39. The van der Waals surface area contributed by atoms with E-state index in [1.54, 1.807) is 12.1 Å². The molecule has 3 aliphatic rings. The molecule has 1 unspecified atom stereocenters. The normalized spacial score (nSPS) is 30.5. The molecule has 0 radical (unpaired) electrons. The molecule has 55 heavy (non-hydrogen) atoms. The fraction of sp³-hybridized carbons (Fsp3) is 0.361. The molecule has 0 spiro atoms. The first kappa shape index (κ1) is 39.3. The van der Waals surface area contributed by atoms with Crippen molar-refractivity contribution in [3.63, 3.8) is 0 Å². The molecule has 3 heterocycles. The molecule has 11 atom stereocenters. The topological polar surface area (TPSA) is 319 Å². The molecule has 19 nitrogen and oxygen atoms in total. The van der Waals surface area contributed by atoms with Crippen molar-refractivity contribution in [1.29, 1.82) is 0 Å². The fourth-order valence-electron chi connectivity index (χ4n) is 6.03. The Balaban J connectivity index is 1.28. The number of phenolic OH excluding ortho intramolecular Hbond substituents is 5. The second kappa shape index (κ2) is 16.2. The lowest BCUT2D eigenvalue weighted by Crippen LogP contribution is -2.60. The van der Waals surface area contributed by atoms with Gasteiger partial charge in [0.15, 0.2) is 23.0 Å². The molecule has 3 aliphatic heterocycles. The zero-order chi connectivity index (χ0) is 39.7. The minimum absolute atomic E-state index is 0.00135. The van der Waals surface area contributed by atoms with Gasteiger partial charge >= 0.3 is 5.97 Å². The first-order valence-corrected chi connectivity index (χ1v) is 16.7. The van der Waals surface area contributed by atoms with Gasteiger partial charge in [-0.2, -0.15) is 0 Å². The van der Waals surface area contributed by atoms with Crippen LogP contribution in [-0.4, -0.2) is 147 Å². The van der Waals surface area contributed by atoms with Crippen molar-refractivity contribution in [3.05, 3.63) is 77.1 Å². The van der Waals surface area contributed by atoms with Crippen molar-refractivity contribution >= 4 is 18.1 Å². The van der Waals surface area contributed by atoms with Gasteiger partial charge in [-0.1, -0.05) is 12.1 Å². The predicted molar refractivity (Wildman–Crippen MR) is 182 cm³/mol. The number of benzene rings is 3. The Hall–Kier alpha value is -5.35. The minimum Gasteiger partial charge on any atom is -0.571 e. The Bertz CT molecular complexity index is 1890. The monoisotopic (exact) mass is 775 g/mol. The molecular weight excluding hydrogens is 736 g/mol. The zero-order valence-corrected chi connectivity index (χ0v) is 28.4. The third kappa shape index (κ3) is 8.34. The molecule has 0 aliphatic carbocycles. The van der Waals surface area contributed by atoms with Gasteiger partial charge < -0.3 is 89.7 Å². The van der Waals surface area contributed by atoms with E-state index in [9.17, 15) is 66.1 Å². The number of aliphatic hydroxyl groups excluding tert-OH is 7. The van der Waals surface area contributed by atoms with Gasteiger partial charge in [-0.15, -0.1) is 0 Å². The van der Waals surface area contributed by atoms with Crippen LogP contribution in [-0.2, 0) is 23.7 Å². The number of carbonyl (C=O) groups is 1. The molecule has 0 aromatic heterocycles. The van der Waals surface area contributed by atoms with Crippen LogP contribution in [0.25, 0.3) is 12.2 Å². The van der Waals surface area contributed by atoms with Gasteiger partial charge in [0.05, 0.1) is 18.2 Å². The summed E-state index contributed by atoms with van der Waals surface area (Å²) < 4.78 is 32.7. The van der Waals surface area contributed by atoms with E-state index < -0.39 is 110 Å². The van der Waals surface area contributed by atoms with Crippen LogP contribution in [0.3, 0.4) is 0 Å². The maximum Gasteiger partial charge on any atom is 0.330 e. The van der Waals surface area contributed by atoms with Gasteiger partial charge in [-0.25, -0.2) is 4.79 Å². The summed E-state index contributed by atoms with van der Waals surface area (Å²) in [6, 6.07) is 10.2. The summed E-state index contributed by atoms with van der Waals surface area (Å²) in [5.41, 5.74) is 0.580. The SMILES string of the molecule is O=C(/C=C/c1ccc(O)cc1)OC[C@H]1O[C@@H](Oc2cc(O)cc3c2C=C(O[C@@H]2O[C@H](CO)[C@H](O)[C@@H](O)[C@@H]2O)C(c2cc(O)c(O)c(O)c2)[OH+]3)[C@H](O)[C@@H](O)[C@@H]1O. The Kier molecular flexibility index (Phi) is 11.6. The summed E-state index contributed by atoms with van der Waals surface area (Å²) in [5, 5.41) is 124. The van der Waals surface area contributed by atoms with E-state index in [2.05, 4.69) is 4.74 Å². The number of aromatic hydroxyl groups is 6. The van der Waals surface area contributed by atoms with E-state index in [0.29, 0.717) is 5.56 Å². The molecular formula is C36H39O19+. The highest BCUT2D eigenvalue weighted by Crippen LogP contribution is 2.48. The van der Waals surface area contributed by atoms with Gasteiger partial charge in [0.1, 0.15) is 78.3 Å². The minimum atomic E-state index is -1.90. The molecule has 0 amide bonds. The number of phenols is 5. The maximum absolute atomic E-state index is 12.4. The number of aliphatic hydroxyl groups is 8. The van der Waals surface area contributed by atoms with Gasteiger partial charge in [0.25, 0.3) is 11.9 Å². The van der Waals surface area contributed by atoms with Crippen LogP contribution >= 0.6 is 0 Å². The molecule has 2 fully saturated rings. The van der Waals surface area contributed by atoms with Crippen LogP contribution in [0.4, 0.5) is 0 Å². The van der Waals surface area contributed by atoms with Crippen molar-refractivity contribution < 1.29 is 94.5 Å². The van der Waals surface area contributed by atoms with Crippen LogP contribution in [0.1, 0.15) is 22.8 Å². The summed E-state index contributed by atoms with van der Waals surface area (Å²) in [4.78, 5) is 12.4. The lowest BCUT2D eigenvalue weighted by Gasteiger charge is -2.41. The molecule has 0 bridgehead atoms. The summed E-state index contributed by atoms with van der Waals surface area (Å²) in [7, 11) is 0. The number of esters is 1. The summed E-state index contributed by atoms with van der Waals surface area (Å²) in [6.07, 6.45) is -14.9. The van der Waals surface area contributed by atoms with Crippen molar-refractivity contribution in [2.75, 3.05) is 13.2 Å². The van der Waals surface area contributed by atoms with Crippen molar-refractivity contribution in [2.24, 2.45) is 0 Å². The zero-order valence-electron chi connectivity index (χ0n) is 28.4. The van der Waals surface area contributed by atoms with E-state index >= 15 is 0 Å². The highest BCUT2D eigenvalue weighted by Gasteiger charge is 2.48. The number of fused-ring (bicyclic) bond motifs is 1. The molecule has 13 N–H and O–H groups in total. The number of carbonyl (C=O) groups excluding carboxylic acids is 1. The first-order chi connectivity index (χ1) is 26.1. The number of hydrogen-bond donors (Lipinski definition) is 12. The number of ether oxygens (including phenoxy) is 6. The van der Waals surface area contributed by atoms with Gasteiger partial charge in [-0.3, -0.25) is 0 Å². The van der Waals surface area contributed by atoms with Gasteiger partial charge in [-0.05, 0) is 35.9 Å². The fourth-order valence-corrected chi connectivity index (χ4v) is 6.03. The Morgan fingerprint density at radius 3 is 1.96 bits per heavy atom. The van der Waals surface area contributed by atoms with E-state index in [4.69, 9.17) is 23.7 Å². The van der Waals surface area contributed by atoms with E-state index in [-0.39, 0.29) is 34.1 Å². The molecule has 0 saturated carbocycles. The van der Waals surface area contributed by atoms with E-state index in [0.717, 1.165) is 24.3 Å². The average molecular weight is 776 g/mol.